The van der Waals surface area contributed by atoms with Crippen molar-refractivity contribution < 1.29 is 8.42 Å². The number of benzene rings is 1. The van der Waals surface area contributed by atoms with Gasteiger partial charge < -0.3 is 0 Å². The standard InChI is InChI=1S/C10H13ClN2O2S/c1-3-8(2)12-13-16(14,15)10-6-4-9(11)5-7-10/h4-7,13H,3H2,1-2H3/b12-8+. The van der Waals surface area contributed by atoms with E-state index >= 15 is 0 Å². The molecular weight excluding hydrogens is 248 g/mol. The fourth-order valence-corrected chi connectivity index (χ4v) is 1.89. The van der Waals surface area contributed by atoms with Gasteiger partial charge in [0.25, 0.3) is 10.0 Å². The highest BCUT2D eigenvalue weighted by Gasteiger charge is 2.12. The Balaban J connectivity index is 2.91. The number of nitrogens with one attached hydrogen (secondary N) is 1. The van der Waals surface area contributed by atoms with Crippen LogP contribution in [0.5, 0.6) is 0 Å². The molecule has 0 aromatic heterocycles. The molecule has 0 atom stereocenters. The zero-order valence-electron chi connectivity index (χ0n) is 9.07. The zero-order valence-corrected chi connectivity index (χ0v) is 10.6. The van der Waals surface area contributed by atoms with Gasteiger partial charge in [0.2, 0.25) is 0 Å². The second-order valence-corrected chi connectivity index (χ2v) is 5.35. The molecule has 0 aliphatic rings. The third-order valence-corrected chi connectivity index (χ3v) is 3.47. The monoisotopic (exact) mass is 260 g/mol. The lowest BCUT2D eigenvalue weighted by Gasteiger charge is -2.04. The fourth-order valence-electron chi connectivity index (χ4n) is 0.884. The minimum absolute atomic E-state index is 0.143. The average Bonchev–Trinajstić information content (AvgIpc) is 2.26. The van der Waals surface area contributed by atoms with Crippen LogP contribution in [-0.4, -0.2) is 14.1 Å². The van der Waals surface area contributed by atoms with Gasteiger partial charge in [-0.1, -0.05) is 18.5 Å². The second-order valence-electron chi connectivity index (χ2n) is 3.25. The Morgan fingerprint density at radius 1 is 1.38 bits per heavy atom. The van der Waals surface area contributed by atoms with Crippen LogP contribution < -0.4 is 4.83 Å². The molecule has 4 nitrogen and oxygen atoms in total. The van der Waals surface area contributed by atoms with Crippen LogP contribution in [-0.2, 0) is 10.0 Å². The molecule has 1 aromatic carbocycles. The lowest BCUT2D eigenvalue weighted by atomic mass is 10.3. The molecule has 0 bridgehead atoms. The van der Waals surface area contributed by atoms with E-state index in [9.17, 15) is 8.42 Å². The predicted octanol–water partition coefficient (Wildman–Crippen LogP) is 2.40. The summed E-state index contributed by atoms with van der Waals surface area (Å²) in [7, 11) is -3.58. The maximum atomic E-state index is 11.7. The van der Waals surface area contributed by atoms with E-state index in [-0.39, 0.29) is 4.90 Å². The maximum Gasteiger partial charge on any atom is 0.276 e. The van der Waals surface area contributed by atoms with Crippen molar-refractivity contribution in [3.8, 4) is 0 Å². The summed E-state index contributed by atoms with van der Waals surface area (Å²) < 4.78 is 23.4. The summed E-state index contributed by atoms with van der Waals surface area (Å²) in [5, 5.41) is 4.25. The Bertz CT molecular complexity index is 480. The van der Waals surface area contributed by atoms with Crippen molar-refractivity contribution in [1.82, 2.24) is 4.83 Å². The van der Waals surface area contributed by atoms with E-state index in [1.165, 1.54) is 24.3 Å². The lowest BCUT2D eigenvalue weighted by Crippen LogP contribution is -2.19. The second kappa shape index (κ2) is 5.32. The zero-order chi connectivity index (χ0) is 12.2. The summed E-state index contributed by atoms with van der Waals surface area (Å²) in [5.74, 6) is 0. The molecule has 0 radical (unpaired) electrons. The van der Waals surface area contributed by atoms with Crippen molar-refractivity contribution in [3.05, 3.63) is 29.3 Å². The molecule has 0 aliphatic carbocycles. The highest BCUT2D eigenvalue weighted by atomic mass is 35.5. The Morgan fingerprint density at radius 3 is 2.44 bits per heavy atom. The van der Waals surface area contributed by atoms with Crippen LogP contribution in [0, 0.1) is 0 Å². The van der Waals surface area contributed by atoms with Gasteiger partial charge in [0.05, 0.1) is 4.90 Å². The Hall–Kier alpha value is -1.07. The minimum atomic E-state index is -3.58. The number of hydrazone groups is 1. The van der Waals surface area contributed by atoms with Crippen molar-refractivity contribution in [2.45, 2.75) is 25.2 Å². The fraction of sp³-hybridized carbons (Fsp3) is 0.300. The molecule has 0 heterocycles. The summed E-state index contributed by atoms with van der Waals surface area (Å²) in [5.41, 5.74) is 0.720. The Labute approximate surface area is 100 Å². The molecule has 0 saturated heterocycles. The van der Waals surface area contributed by atoms with Crippen molar-refractivity contribution in [3.63, 3.8) is 0 Å². The van der Waals surface area contributed by atoms with Gasteiger partial charge in [0.1, 0.15) is 0 Å². The number of hydrogen-bond acceptors (Lipinski definition) is 3. The topological polar surface area (TPSA) is 58.5 Å². The molecular formula is C10H13ClN2O2S. The van der Waals surface area contributed by atoms with Crippen LogP contribution in [0.3, 0.4) is 0 Å². The van der Waals surface area contributed by atoms with Crippen LogP contribution in [0.15, 0.2) is 34.3 Å². The molecule has 88 valence electrons. The maximum absolute atomic E-state index is 11.7. The van der Waals surface area contributed by atoms with Gasteiger partial charge in [-0.2, -0.15) is 13.5 Å². The van der Waals surface area contributed by atoms with Crippen LogP contribution in [0.4, 0.5) is 0 Å². The number of sulfonamides is 1. The van der Waals surface area contributed by atoms with Gasteiger partial charge in [-0.05, 0) is 37.6 Å². The van der Waals surface area contributed by atoms with Crippen LogP contribution in [0.1, 0.15) is 20.3 Å². The summed E-state index contributed by atoms with van der Waals surface area (Å²) in [6.45, 7) is 3.65. The molecule has 1 N–H and O–H groups in total. The third-order valence-electron chi connectivity index (χ3n) is 1.99. The third kappa shape index (κ3) is 3.50. The van der Waals surface area contributed by atoms with Crippen LogP contribution >= 0.6 is 11.6 Å². The summed E-state index contributed by atoms with van der Waals surface area (Å²) in [6, 6.07) is 5.90. The van der Waals surface area contributed by atoms with Gasteiger partial charge in [-0.15, -0.1) is 0 Å². The molecule has 0 aliphatic heterocycles. The number of halogens is 1. The van der Waals surface area contributed by atoms with Crippen molar-refractivity contribution >= 4 is 27.3 Å². The van der Waals surface area contributed by atoms with Gasteiger partial charge in [0.15, 0.2) is 0 Å². The Morgan fingerprint density at radius 2 is 1.94 bits per heavy atom. The molecule has 0 spiro atoms. The molecule has 0 fully saturated rings. The molecule has 1 rings (SSSR count). The van der Waals surface area contributed by atoms with Gasteiger partial charge in [-0.25, -0.2) is 4.83 Å². The van der Waals surface area contributed by atoms with E-state index < -0.39 is 10.0 Å². The molecule has 0 amide bonds. The lowest BCUT2D eigenvalue weighted by molar-refractivity contribution is 0.584. The molecule has 0 saturated carbocycles. The van der Waals surface area contributed by atoms with Gasteiger partial charge >= 0.3 is 0 Å². The summed E-state index contributed by atoms with van der Waals surface area (Å²) >= 11 is 5.67. The summed E-state index contributed by atoms with van der Waals surface area (Å²) in [6.07, 6.45) is 0.698. The first-order chi connectivity index (χ1) is 7.45. The largest absolute Gasteiger partial charge is 0.276 e. The first kappa shape index (κ1) is 13.0. The van der Waals surface area contributed by atoms with Gasteiger partial charge in [0, 0.05) is 10.7 Å². The first-order valence-electron chi connectivity index (χ1n) is 4.76. The van der Waals surface area contributed by atoms with E-state index in [1.807, 2.05) is 6.92 Å². The van der Waals surface area contributed by atoms with Gasteiger partial charge in [-0.3, -0.25) is 0 Å². The van der Waals surface area contributed by atoms with E-state index in [1.54, 1.807) is 6.92 Å². The SMILES string of the molecule is CC/C(C)=N/NS(=O)(=O)c1ccc(Cl)cc1. The van der Waals surface area contributed by atoms with E-state index in [0.717, 1.165) is 5.71 Å². The highest BCUT2D eigenvalue weighted by Crippen LogP contribution is 2.13. The van der Waals surface area contributed by atoms with Crippen LogP contribution in [0.2, 0.25) is 5.02 Å². The highest BCUT2D eigenvalue weighted by molar-refractivity contribution is 7.89. The number of nitrogens with zero attached hydrogens (tertiary/aromatic N) is 1. The van der Waals surface area contributed by atoms with Crippen molar-refractivity contribution in [2.24, 2.45) is 5.10 Å². The molecule has 1 aromatic rings. The average molecular weight is 261 g/mol. The van der Waals surface area contributed by atoms with Crippen molar-refractivity contribution in [1.29, 1.82) is 0 Å². The van der Waals surface area contributed by atoms with Crippen molar-refractivity contribution in [2.75, 3.05) is 0 Å². The summed E-state index contributed by atoms with van der Waals surface area (Å²) in [4.78, 5) is 2.31. The number of rotatable bonds is 4. The quantitative estimate of drug-likeness (QED) is 0.668. The molecule has 16 heavy (non-hydrogen) atoms. The van der Waals surface area contributed by atoms with E-state index in [0.29, 0.717) is 11.4 Å². The normalized spacial score (nSPS) is 12.6. The Kier molecular flexibility index (Phi) is 4.32. The van der Waals surface area contributed by atoms with E-state index in [2.05, 4.69) is 9.93 Å². The minimum Gasteiger partial charge on any atom is -0.200 e. The predicted molar refractivity (Wildman–Crippen MR) is 65.2 cm³/mol. The smallest absolute Gasteiger partial charge is 0.200 e. The van der Waals surface area contributed by atoms with Crippen LogP contribution in [0.25, 0.3) is 0 Å². The first-order valence-corrected chi connectivity index (χ1v) is 6.62. The van der Waals surface area contributed by atoms with E-state index in [4.69, 9.17) is 11.6 Å². The molecule has 0 unspecified atom stereocenters. The number of hydrogen-bond donors (Lipinski definition) is 1. The molecule has 6 heteroatoms.